The average molecular weight is 330 g/mol. The van der Waals surface area contributed by atoms with Gasteiger partial charge in [-0.1, -0.05) is 23.4 Å². The minimum Gasteiger partial charge on any atom is -0.481 e. The Bertz CT molecular complexity index is 690. The summed E-state index contributed by atoms with van der Waals surface area (Å²) in [6, 6.07) is 1.02. The number of pyridine rings is 1. The van der Waals surface area contributed by atoms with Crippen LogP contribution in [-0.4, -0.2) is 43.9 Å². The Hall–Kier alpha value is -2.00. The quantitative estimate of drug-likeness (QED) is 0.677. The molecule has 0 spiro atoms. The van der Waals surface area contributed by atoms with E-state index < -0.39 is 12.0 Å². The standard InChI is InChI=1S/C11H12ClN5O3S/c12-6-3-7-9(15-4-6)17(2-1-14-10(13)20)11(16-7)21-5-8(18)19/h3-4H,1-2,5H2,(H,18,19)(H3,13,14,20). The number of thioether (sulfide) groups is 1. The third-order valence-corrected chi connectivity index (χ3v) is 3.64. The second kappa shape index (κ2) is 6.64. The molecule has 2 heterocycles. The number of fused-ring (bicyclic) bond motifs is 1. The molecule has 2 amide bonds. The van der Waals surface area contributed by atoms with E-state index in [9.17, 15) is 9.59 Å². The smallest absolute Gasteiger partial charge is 0.313 e. The number of nitrogens with two attached hydrogens (primary N) is 1. The van der Waals surface area contributed by atoms with E-state index in [2.05, 4.69) is 15.3 Å². The minimum absolute atomic E-state index is 0.125. The highest BCUT2D eigenvalue weighted by atomic mass is 35.5. The van der Waals surface area contributed by atoms with Crippen molar-refractivity contribution in [3.63, 3.8) is 0 Å². The fourth-order valence-electron chi connectivity index (χ4n) is 1.69. The lowest BCUT2D eigenvalue weighted by Gasteiger charge is -2.07. The number of halogens is 1. The number of hydrogen-bond acceptors (Lipinski definition) is 5. The third kappa shape index (κ3) is 3.99. The molecule has 0 atom stereocenters. The normalized spacial score (nSPS) is 10.7. The molecule has 0 radical (unpaired) electrons. The Morgan fingerprint density at radius 3 is 2.95 bits per heavy atom. The molecule has 0 bridgehead atoms. The van der Waals surface area contributed by atoms with Gasteiger partial charge in [-0.25, -0.2) is 14.8 Å². The summed E-state index contributed by atoms with van der Waals surface area (Å²) in [5, 5.41) is 12.2. The number of rotatable bonds is 6. The van der Waals surface area contributed by atoms with Crippen LogP contribution in [-0.2, 0) is 11.3 Å². The molecule has 2 aromatic rings. The van der Waals surface area contributed by atoms with Gasteiger partial charge in [0.1, 0.15) is 5.52 Å². The first-order chi connectivity index (χ1) is 9.97. The number of carboxylic acids is 1. The summed E-state index contributed by atoms with van der Waals surface area (Å²) < 4.78 is 1.72. The predicted octanol–water partition coefficient (Wildman–Crippen LogP) is 0.930. The Morgan fingerprint density at radius 2 is 2.29 bits per heavy atom. The lowest BCUT2D eigenvalue weighted by atomic mass is 10.4. The number of carboxylic acid groups (broad SMARTS) is 1. The van der Waals surface area contributed by atoms with Crippen LogP contribution in [0.4, 0.5) is 4.79 Å². The van der Waals surface area contributed by atoms with Crippen molar-refractivity contribution in [2.24, 2.45) is 5.73 Å². The van der Waals surface area contributed by atoms with Crippen molar-refractivity contribution in [1.82, 2.24) is 19.9 Å². The summed E-state index contributed by atoms with van der Waals surface area (Å²) >= 11 is 6.94. The van der Waals surface area contributed by atoms with E-state index in [1.807, 2.05) is 0 Å². The van der Waals surface area contributed by atoms with Crippen molar-refractivity contribution >= 4 is 46.5 Å². The molecule has 0 aromatic carbocycles. The maximum Gasteiger partial charge on any atom is 0.313 e. The van der Waals surface area contributed by atoms with E-state index in [0.717, 1.165) is 11.8 Å². The van der Waals surface area contributed by atoms with Crippen LogP contribution in [0, 0.1) is 0 Å². The van der Waals surface area contributed by atoms with Gasteiger partial charge in [-0.05, 0) is 6.07 Å². The second-order valence-corrected chi connectivity index (χ2v) is 5.39. The molecule has 2 aromatic heterocycles. The Morgan fingerprint density at radius 1 is 1.52 bits per heavy atom. The molecule has 10 heteroatoms. The first kappa shape index (κ1) is 15.4. The maximum absolute atomic E-state index is 10.7. The Balaban J connectivity index is 2.29. The van der Waals surface area contributed by atoms with Crippen molar-refractivity contribution in [3.8, 4) is 0 Å². The molecule has 4 N–H and O–H groups in total. The van der Waals surface area contributed by atoms with E-state index >= 15 is 0 Å². The van der Waals surface area contributed by atoms with Gasteiger partial charge < -0.3 is 20.7 Å². The van der Waals surface area contributed by atoms with Crippen LogP contribution in [0.2, 0.25) is 5.02 Å². The lowest BCUT2D eigenvalue weighted by molar-refractivity contribution is -0.133. The summed E-state index contributed by atoms with van der Waals surface area (Å²) in [7, 11) is 0. The van der Waals surface area contributed by atoms with Gasteiger partial charge in [0.2, 0.25) is 0 Å². The van der Waals surface area contributed by atoms with Gasteiger partial charge in [0.05, 0.1) is 10.8 Å². The van der Waals surface area contributed by atoms with Gasteiger partial charge in [-0.3, -0.25) is 4.79 Å². The van der Waals surface area contributed by atoms with Crippen LogP contribution < -0.4 is 11.1 Å². The number of nitrogens with zero attached hydrogens (tertiary/aromatic N) is 3. The van der Waals surface area contributed by atoms with Crippen molar-refractivity contribution in [2.45, 2.75) is 11.7 Å². The Kier molecular flexibility index (Phi) is 4.86. The van der Waals surface area contributed by atoms with E-state index in [0.29, 0.717) is 27.9 Å². The van der Waals surface area contributed by atoms with Crippen LogP contribution in [0.3, 0.4) is 0 Å². The first-order valence-corrected chi connectivity index (χ1v) is 7.23. The third-order valence-electron chi connectivity index (χ3n) is 2.48. The highest BCUT2D eigenvalue weighted by molar-refractivity contribution is 7.99. The average Bonchev–Trinajstić information content (AvgIpc) is 2.73. The molecule has 0 unspecified atom stereocenters. The molecular formula is C11H12ClN5O3S. The number of aromatic nitrogens is 3. The van der Waals surface area contributed by atoms with Crippen LogP contribution in [0.5, 0.6) is 0 Å². The van der Waals surface area contributed by atoms with Crippen molar-refractivity contribution in [1.29, 1.82) is 0 Å². The monoisotopic (exact) mass is 329 g/mol. The zero-order chi connectivity index (χ0) is 15.4. The minimum atomic E-state index is -0.945. The first-order valence-electron chi connectivity index (χ1n) is 5.87. The molecule has 21 heavy (non-hydrogen) atoms. The SMILES string of the molecule is NC(=O)NCCn1c(SCC(=O)O)nc2cc(Cl)cnc21. The number of imidazole rings is 1. The van der Waals surface area contributed by atoms with Gasteiger partial charge in [0, 0.05) is 19.3 Å². The number of nitrogens with one attached hydrogen (secondary N) is 1. The molecule has 0 aliphatic carbocycles. The predicted molar refractivity (Wildman–Crippen MR) is 78.5 cm³/mol. The van der Waals surface area contributed by atoms with Crippen LogP contribution in [0.1, 0.15) is 0 Å². The summed E-state index contributed by atoms with van der Waals surface area (Å²) in [4.78, 5) is 29.9. The zero-order valence-corrected chi connectivity index (χ0v) is 12.3. The zero-order valence-electron chi connectivity index (χ0n) is 10.7. The molecule has 0 saturated carbocycles. The van der Waals surface area contributed by atoms with Gasteiger partial charge in [-0.2, -0.15) is 0 Å². The van der Waals surface area contributed by atoms with E-state index in [1.54, 1.807) is 10.6 Å². The molecule has 0 saturated heterocycles. The van der Waals surface area contributed by atoms with Crippen LogP contribution >= 0.6 is 23.4 Å². The molecule has 0 aliphatic rings. The topological polar surface area (TPSA) is 123 Å². The number of amides is 2. The van der Waals surface area contributed by atoms with Crippen molar-refractivity contribution < 1.29 is 14.7 Å². The summed E-state index contributed by atoms with van der Waals surface area (Å²) in [6.45, 7) is 0.655. The number of carbonyl (C=O) groups is 2. The fourth-order valence-corrected chi connectivity index (χ4v) is 2.60. The van der Waals surface area contributed by atoms with E-state index in [1.165, 1.54) is 6.20 Å². The van der Waals surface area contributed by atoms with Crippen LogP contribution in [0.25, 0.3) is 11.2 Å². The van der Waals surface area contributed by atoms with Gasteiger partial charge in [-0.15, -0.1) is 0 Å². The number of carbonyl (C=O) groups excluding carboxylic acids is 1. The van der Waals surface area contributed by atoms with Crippen molar-refractivity contribution in [2.75, 3.05) is 12.3 Å². The number of aliphatic carboxylic acids is 1. The number of hydrogen-bond donors (Lipinski definition) is 3. The van der Waals surface area contributed by atoms with Gasteiger partial charge in [0.25, 0.3) is 0 Å². The molecule has 8 nitrogen and oxygen atoms in total. The Labute approximate surface area is 128 Å². The van der Waals surface area contributed by atoms with Gasteiger partial charge in [0.15, 0.2) is 10.8 Å². The van der Waals surface area contributed by atoms with E-state index in [-0.39, 0.29) is 12.3 Å². The van der Waals surface area contributed by atoms with Gasteiger partial charge >= 0.3 is 12.0 Å². The molecule has 2 rings (SSSR count). The number of primary amides is 1. The molecular weight excluding hydrogens is 318 g/mol. The highest BCUT2D eigenvalue weighted by Crippen LogP contribution is 2.24. The fraction of sp³-hybridized carbons (Fsp3) is 0.273. The van der Waals surface area contributed by atoms with E-state index in [4.69, 9.17) is 22.4 Å². The lowest BCUT2D eigenvalue weighted by Crippen LogP contribution is -2.32. The largest absolute Gasteiger partial charge is 0.481 e. The second-order valence-electron chi connectivity index (χ2n) is 4.02. The highest BCUT2D eigenvalue weighted by Gasteiger charge is 2.14. The molecule has 112 valence electrons. The van der Waals surface area contributed by atoms with Crippen LogP contribution in [0.15, 0.2) is 17.4 Å². The van der Waals surface area contributed by atoms with Crippen molar-refractivity contribution in [3.05, 3.63) is 17.3 Å². The summed E-state index contributed by atoms with van der Waals surface area (Å²) in [5.74, 6) is -1.07. The summed E-state index contributed by atoms with van der Waals surface area (Å²) in [5.41, 5.74) is 6.14. The molecule has 0 fully saturated rings. The summed E-state index contributed by atoms with van der Waals surface area (Å²) in [6.07, 6.45) is 1.48. The number of urea groups is 1. The molecule has 0 aliphatic heterocycles. The maximum atomic E-state index is 10.7.